The summed E-state index contributed by atoms with van der Waals surface area (Å²) in [5, 5.41) is 8.18. The summed E-state index contributed by atoms with van der Waals surface area (Å²) in [5.41, 5.74) is 0. The smallest absolute Gasteiger partial charge is 0.341 e. The quantitative estimate of drug-likeness (QED) is 0.702. The van der Waals surface area contributed by atoms with E-state index >= 15 is 0 Å². The van der Waals surface area contributed by atoms with Gasteiger partial charge in [-0.05, 0) is 31.2 Å². The first-order chi connectivity index (χ1) is 9.72. The van der Waals surface area contributed by atoms with Gasteiger partial charge in [-0.2, -0.15) is 0 Å². The van der Waals surface area contributed by atoms with Gasteiger partial charge in [-0.15, -0.1) is 0 Å². The van der Waals surface area contributed by atoms with Crippen LogP contribution in [-0.4, -0.2) is 48.4 Å². The average Bonchev–Trinajstić information content (AvgIpc) is 2.43. The average molecular weight is 335 g/mol. The van der Waals surface area contributed by atoms with Crippen LogP contribution in [0, 0.1) is 0 Å². The van der Waals surface area contributed by atoms with Crippen LogP contribution in [0.1, 0.15) is 6.92 Å². The van der Waals surface area contributed by atoms with Crippen LogP contribution in [0.5, 0.6) is 5.75 Å². The maximum atomic E-state index is 12.0. The lowest BCUT2D eigenvalue weighted by Gasteiger charge is -2.11. The number of hydrogen-bond donors (Lipinski definition) is 2. The van der Waals surface area contributed by atoms with Crippen LogP contribution in [0.25, 0.3) is 0 Å². The Kier molecular flexibility index (Phi) is 6.31. The monoisotopic (exact) mass is 335 g/mol. The molecule has 7 nitrogen and oxygen atoms in total. The molecule has 118 valence electrons. The van der Waals surface area contributed by atoms with E-state index in [1.165, 1.54) is 30.5 Å². The number of hydrogen-bond acceptors (Lipinski definition) is 5. The highest BCUT2D eigenvalue weighted by molar-refractivity contribution is 7.89. The maximum absolute atomic E-state index is 12.0. The van der Waals surface area contributed by atoms with Gasteiger partial charge in [0.15, 0.2) is 6.61 Å². The third kappa shape index (κ3) is 5.82. The van der Waals surface area contributed by atoms with E-state index < -0.39 is 33.4 Å². The van der Waals surface area contributed by atoms with Crippen molar-refractivity contribution in [2.45, 2.75) is 17.1 Å². The molecule has 1 aromatic rings. The van der Waals surface area contributed by atoms with E-state index in [-0.39, 0.29) is 22.4 Å². The normalized spacial score (nSPS) is 14.4. The summed E-state index contributed by atoms with van der Waals surface area (Å²) in [6.45, 7) is 1.26. The van der Waals surface area contributed by atoms with Crippen LogP contribution in [0.4, 0.5) is 0 Å². The number of carboxylic acids is 1. The van der Waals surface area contributed by atoms with Crippen LogP contribution in [0.15, 0.2) is 29.2 Å². The molecule has 2 unspecified atom stereocenters. The second kappa shape index (κ2) is 7.53. The molecule has 0 radical (unpaired) electrons. The highest BCUT2D eigenvalue weighted by Crippen LogP contribution is 2.15. The fraction of sp³-hybridized carbons (Fsp3) is 0.417. The van der Waals surface area contributed by atoms with Gasteiger partial charge < -0.3 is 9.84 Å². The first-order valence-corrected chi connectivity index (χ1v) is 9.09. The lowest BCUT2D eigenvalue weighted by Crippen LogP contribution is -2.32. The molecule has 0 aliphatic rings. The molecule has 0 aliphatic heterocycles. The van der Waals surface area contributed by atoms with E-state index in [0.717, 1.165) is 0 Å². The van der Waals surface area contributed by atoms with Crippen LogP contribution in [0.2, 0.25) is 0 Å². The number of rotatable bonds is 8. The molecule has 0 heterocycles. The Hall–Kier alpha value is -1.45. The number of carbonyl (C=O) groups is 1. The molecule has 0 aromatic heterocycles. The van der Waals surface area contributed by atoms with Crippen molar-refractivity contribution in [3.05, 3.63) is 24.3 Å². The van der Waals surface area contributed by atoms with E-state index in [2.05, 4.69) is 4.72 Å². The van der Waals surface area contributed by atoms with Crippen molar-refractivity contribution in [2.75, 3.05) is 19.4 Å². The van der Waals surface area contributed by atoms with E-state index in [9.17, 15) is 17.4 Å². The highest BCUT2D eigenvalue weighted by Gasteiger charge is 2.16. The third-order valence-electron chi connectivity index (χ3n) is 2.62. The number of nitrogens with one attached hydrogen (secondary N) is 1. The third-order valence-corrected chi connectivity index (χ3v) is 5.36. The molecule has 0 aliphatic carbocycles. The number of carboxylic acid groups (broad SMARTS) is 1. The SMILES string of the molecule is CC(CNS(=O)(=O)c1ccc(OCC(=O)O)cc1)S(C)=O. The number of ether oxygens (including phenoxy) is 1. The number of benzene rings is 1. The van der Waals surface area contributed by atoms with Gasteiger partial charge in [-0.1, -0.05) is 0 Å². The Morgan fingerprint density at radius 1 is 1.38 bits per heavy atom. The Labute approximate surface area is 125 Å². The summed E-state index contributed by atoms with van der Waals surface area (Å²) in [6, 6.07) is 5.37. The highest BCUT2D eigenvalue weighted by atomic mass is 32.2. The van der Waals surface area contributed by atoms with Gasteiger partial charge in [0.2, 0.25) is 10.0 Å². The van der Waals surface area contributed by atoms with Crippen molar-refractivity contribution >= 4 is 26.8 Å². The largest absolute Gasteiger partial charge is 0.482 e. The van der Waals surface area contributed by atoms with Crippen LogP contribution in [0.3, 0.4) is 0 Å². The first kappa shape index (κ1) is 17.6. The molecule has 2 N–H and O–H groups in total. The predicted octanol–water partition coefficient (Wildman–Crippen LogP) is 0.195. The minimum atomic E-state index is -3.69. The van der Waals surface area contributed by atoms with Crippen molar-refractivity contribution in [1.82, 2.24) is 4.72 Å². The predicted molar refractivity (Wildman–Crippen MR) is 78.3 cm³/mol. The first-order valence-electron chi connectivity index (χ1n) is 5.99. The van der Waals surface area contributed by atoms with Gasteiger partial charge in [0.25, 0.3) is 0 Å². The molecule has 0 amide bonds. The molecule has 2 atom stereocenters. The van der Waals surface area contributed by atoms with E-state index in [4.69, 9.17) is 9.84 Å². The summed E-state index contributed by atoms with van der Waals surface area (Å²) in [5.74, 6) is -0.853. The molecule has 1 rings (SSSR count). The van der Waals surface area contributed by atoms with Gasteiger partial charge in [0.05, 0.1) is 4.90 Å². The van der Waals surface area contributed by atoms with Gasteiger partial charge >= 0.3 is 5.97 Å². The maximum Gasteiger partial charge on any atom is 0.341 e. The zero-order valence-corrected chi connectivity index (χ0v) is 13.2. The molecule has 0 spiro atoms. The molecule has 21 heavy (non-hydrogen) atoms. The standard InChI is InChI=1S/C12H17NO6S2/c1-9(20(2)16)7-13-21(17,18)11-5-3-10(4-6-11)19-8-12(14)15/h3-6,9,13H,7-8H2,1-2H3,(H,14,15). The van der Waals surface area contributed by atoms with Crippen molar-refractivity contribution in [3.63, 3.8) is 0 Å². The number of sulfonamides is 1. The summed E-state index contributed by atoms with van der Waals surface area (Å²) in [6.07, 6.45) is 1.51. The Balaban J connectivity index is 2.71. The molecule has 9 heteroatoms. The molecule has 0 fully saturated rings. The summed E-state index contributed by atoms with van der Waals surface area (Å²) >= 11 is 0. The summed E-state index contributed by atoms with van der Waals surface area (Å²) in [7, 11) is -4.81. The fourth-order valence-corrected chi connectivity index (χ4v) is 2.84. The Morgan fingerprint density at radius 2 is 1.95 bits per heavy atom. The lowest BCUT2D eigenvalue weighted by molar-refractivity contribution is -0.139. The van der Waals surface area contributed by atoms with E-state index in [1.54, 1.807) is 6.92 Å². The molecule has 1 aromatic carbocycles. The summed E-state index contributed by atoms with van der Waals surface area (Å²) in [4.78, 5) is 10.4. The number of aliphatic carboxylic acids is 1. The van der Waals surface area contributed by atoms with Crippen LogP contribution in [-0.2, 0) is 25.6 Å². The molecular weight excluding hydrogens is 318 g/mol. The lowest BCUT2D eigenvalue weighted by atomic mass is 10.3. The minimum Gasteiger partial charge on any atom is -0.482 e. The second-order valence-corrected chi connectivity index (χ2v) is 7.88. The molecular formula is C12H17NO6S2. The Bertz CT molecular complexity index is 611. The second-order valence-electron chi connectivity index (χ2n) is 4.31. The summed E-state index contributed by atoms with van der Waals surface area (Å²) < 4.78 is 42.4. The molecule has 0 saturated heterocycles. The zero-order chi connectivity index (χ0) is 16.0. The fourth-order valence-electron chi connectivity index (χ4n) is 1.29. The van der Waals surface area contributed by atoms with Crippen molar-refractivity contribution < 1.29 is 27.3 Å². The van der Waals surface area contributed by atoms with Gasteiger partial charge in [-0.3, -0.25) is 4.21 Å². The van der Waals surface area contributed by atoms with Crippen molar-refractivity contribution in [3.8, 4) is 5.75 Å². The van der Waals surface area contributed by atoms with Gasteiger partial charge in [0.1, 0.15) is 5.75 Å². The Morgan fingerprint density at radius 3 is 2.43 bits per heavy atom. The van der Waals surface area contributed by atoms with Crippen molar-refractivity contribution in [2.24, 2.45) is 0 Å². The minimum absolute atomic E-state index is 0.0271. The van der Waals surface area contributed by atoms with Crippen LogP contribution < -0.4 is 9.46 Å². The van der Waals surface area contributed by atoms with Crippen LogP contribution >= 0.6 is 0 Å². The van der Waals surface area contributed by atoms with E-state index in [0.29, 0.717) is 0 Å². The topological polar surface area (TPSA) is 110 Å². The van der Waals surface area contributed by atoms with Crippen molar-refractivity contribution in [1.29, 1.82) is 0 Å². The zero-order valence-electron chi connectivity index (χ0n) is 11.6. The van der Waals surface area contributed by atoms with Gasteiger partial charge in [-0.25, -0.2) is 17.9 Å². The molecule has 0 saturated carbocycles. The van der Waals surface area contributed by atoms with E-state index in [1.807, 2.05) is 0 Å². The van der Waals surface area contributed by atoms with Gasteiger partial charge in [0, 0.05) is 28.9 Å². The molecule has 0 bridgehead atoms.